The van der Waals surface area contributed by atoms with Crippen molar-refractivity contribution in [3.8, 4) is 0 Å². The van der Waals surface area contributed by atoms with Crippen molar-refractivity contribution in [3.05, 3.63) is 20.5 Å². The lowest BCUT2D eigenvalue weighted by Crippen LogP contribution is -2.17. The van der Waals surface area contributed by atoms with Gasteiger partial charge in [0.05, 0.1) is 12.6 Å². The molecule has 8 heteroatoms. The lowest BCUT2D eigenvalue weighted by molar-refractivity contribution is -0.139. The molecule has 1 unspecified atom stereocenters. The summed E-state index contributed by atoms with van der Waals surface area (Å²) < 4.78 is 37.5. The van der Waals surface area contributed by atoms with E-state index in [1.165, 1.54) is 6.92 Å². The fraction of sp³-hybridized carbons (Fsp3) is 0.571. The molecule has 0 spiro atoms. The summed E-state index contributed by atoms with van der Waals surface area (Å²) in [6.45, 7) is 1.28. The number of aliphatic hydroxyl groups is 1. The van der Waals surface area contributed by atoms with Crippen molar-refractivity contribution in [1.29, 1.82) is 0 Å². The largest absolute Gasteiger partial charge is 0.424 e. The van der Waals surface area contributed by atoms with Gasteiger partial charge in [0, 0.05) is 0 Å². The van der Waals surface area contributed by atoms with Gasteiger partial charge < -0.3 is 5.11 Å². The Labute approximate surface area is 90.8 Å². The van der Waals surface area contributed by atoms with E-state index in [-0.39, 0.29) is 6.54 Å². The standard InChI is InChI=1S/C7H8BrF3N2O2/c1-3(14)2-13-5(8)4(6(15)12-13)7(9,10)11/h3,14H,2H2,1H3,(H,12,15). The van der Waals surface area contributed by atoms with E-state index in [2.05, 4.69) is 15.9 Å². The topological polar surface area (TPSA) is 58.0 Å². The van der Waals surface area contributed by atoms with Crippen molar-refractivity contribution < 1.29 is 18.3 Å². The quantitative estimate of drug-likeness (QED) is 0.863. The van der Waals surface area contributed by atoms with Crippen molar-refractivity contribution >= 4 is 15.9 Å². The highest BCUT2D eigenvalue weighted by molar-refractivity contribution is 9.10. The van der Waals surface area contributed by atoms with Gasteiger partial charge in [-0.15, -0.1) is 0 Å². The molecule has 0 radical (unpaired) electrons. The second-order valence-corrected chi connectivity index (χ2v) is 3.82. The number of alkyl halides is 3. The van der Waals surface area contributed by atoms with Gasteiger partial charge in [-0.2, -0.15) is 13.2 Å². The van der Waals surface area contributed by atoms with Crippen LogP contribution in [0.5, 0.6) is 0 Å². The number of nitrogens with zero attached hydrogens (tertiary/aromatic N) is 1. The van der Waals surface area contributed by atoms with Crippen LogP contribution in [0.25, 0.3) is 0 Å². The number of aromatic nitrogens is 2. The van der Waals surface area contributed by atoms with E-state index in [1.807, 2.05) is 5.10 Å². The summed E-state index contributed by atoms with van der Waals surface area (Å²) >= 11 is 2.67. The molecule has 15 heavy (non-hydrogen) atoms. The van der Waals surface area contributed by atoms with Gasteiger partial charge in [0.15, 0.2) is 5.56 Å². The number of aromatic amines is 1. The molecule has 0 bridgehead atoms. The Bertz CT molecular complexity index is 407. The molecule has 0 fully saturated rings. The van der Waals surface area contributed by atoms with E-state index in [0.29, 0.717) is 0 Å². The molecule has 1 rings (SSSR count). The Morgan fingerprint density at radius 2 is 2.13 bits per heavy atom. The molecule has 1 aromatic heterocycles. The number of H-pyrrole nitrogens is 1. The smallest absolute Gasteiger partial charge is 0.391 e. The predicted molar refractivity (Wildman–Crippen MR) is 49.4 cm³/mol. The van der Waals surface area contributed by atoms with Gasteiger partial charge in [0.25, 0.3) is 5.56 Å². The van der Waals surface area contributed by atoms with Gasteiger partial charge in [-0.05, 0) is 22.9 Å². The van der Waals surface area contributed by atoms with Crippen LogP contribution in [0.15, 0.2) is 9.40 Å². The van der Waals surface area contributed by atoms with Crippen LogP contribution in [0.4, 0.5) is 13.2 Å². The zero-order valence-corrected chi connectivity index (χ0v) is 9.18. The maximum Gasteiger partial charge on any atom is 0.424 e. The second kappa shape index (κ2) is 4.01. The van der Waals surface area contributed by atoms with Crippen LogP contribution in [0.2, 0.25) is 0 Å². The first-order valence-corrected chi connectivity index (χ1v) is 4.76. The van der Waals surface area contributed by atoms with E-state index in [0.717, 1.165) is 4.68 Å². The summed E-state index contributed by atoms with van der Waals surface area (Å²) in [5.74, 6) is 0. The second-order valence-electron chi connectivity index (χ2n) is 3.06. The SMILES string of the molecule is CC(O)Cn1[nH]c(=O)c(C(F)(F)F)c1Br. The average Bonchev–Trinajstić information content (AvgIpc) is 2.23. The van der Waals surface area contributed by atoms with Crippen LogP contribution >= 0.6 is 15.9 Å². The van der Waals surface area contributed by atoms with Gasteiger partial charge >= 0.3 is 6.18 Å². The van der Waals surface area contributed by atoms with Gasteiger partial charge in [0.2, 0.25) is 0 Å². The number of rotatable bonds is 2. The lowest BCUT2D eigenvalue weighted by Gasteiger charge is -2.07. The lowest BCUT2D eigenvalue weighted by atomic mass is 10.3. The molecule has 0 amide bonds. The van der Waals surface area contributed by atoms with E-state index in [9.17, 15) is 18.0 Å². The molecule has 0 aromatic carbocycles. The molecular formula is C7H8BrF3N2O2. The number of hydrogen-bond donors (Lipinski definition) is 2. The van der Waals surface area contributed by atoms with Crippen molar-refractivity contribution in [2.75, 3.05) is 0 Å². The minimum absolute atomic E-state index is 0.119. The highest BCUT2D eigenvalue weighted by Gasteiger charge is 2.38. The molecule has 0 aliphatic heterocycles. The molecule has 2 N–H and O–H groups in total. The zero-order valence-electron chi connectivity index (χ0n) is 7.60. The van der Waals surface area contributed by atoms with Gasteiger partial charge in [0.1, 0.15) is 4.60 Å². The third-order valence-electron chi connectivity index (χ3n) is 1.64. The van der Waals surface area contributed by atoms with Crippen LogP contribution in [0, 0.1) is 0 Å². The van der Waals surface area contributed by atoms with Gasteiger partial charge in [-0.25, -0.2) is 0 Å². The number of hydrogen-bond acceptors (Lipinski definition) is 2. The predicted octanol–water partition coefficient (Wildman–Crippen LogP) is 1.34. The minimum atomic E-state index is -4.71. The molecule has 0 saturated carbocycles. The van der Waals surface area contributed by atoms with Crippen molar-refractivity contribution in [3.63, 3.8) is 0 Å². The summed E-state index contributed by atoms with van der Waals surface area (Å²) in [5.41, 5.74) is -2.52. The summed E-state index contributed by atoms with van der Waals surface area (Å²) in [6, 6.07) is 0. The fourth-order valence-corrected chi connectivity index (χ4v) is 1.73. The summed E-state index contributed by atoms with van der Waals surface area (Å²) in [7, 11) is 0. The van der Waals surface area contributed by atoms with Crippen LogP contribution < -0.4 is 5.56 Å². The Balaban J connectivity index is 3.21. The Morgan fingerprint density at radius 1 is 1.60 bits per heavy atom. The van der Waals surface area contributed by atoms with Crippen LogP contribution in [0.1, 0.15) is 12.5 Å². The molecule has 0 aliphatic carbocycles. The van der Waals surface area contributed by atoms with E-state index >= 15 is 0 Å². The summed E-state index contributed by atoms with van der Waals surface area (Å²) in [5, 5.41) is 11.0. The summed E-state index contributed by atoms with van der Waals surface area (Å²) in [6.07, 6.45) is -5.57. The third-order valence-corrected chi connectivity index (χ3v) is 2.46. The van der Waals surface area contributed by atoms with Crippen molar-refractivity contribution in [2.24, 2.45) is 0 Å². The average molecular weight is 289 g/mol. The maximum absolute atomic E-state index is 12.3. The first-order chi connectivity index (χ1) is 6.73. The zero-order chi connectivity index (χ0) is 11.8. The third kappa shape index (κ3) is 2.63. The molecule has 1 aromatic rings. The van der Waals surface area contributed by atoms with Crippen LogP contribution in [0.3, 0.4) is 0 Å². The first kappa shape index (κ1) is 12.3. The molecule has 0 aliphatic rings. The van der Waals surface area contributed by atoms with Crippen LogP contribution in [-0.2, 0) is 12.7 Å². The Kier molecular flexibility index (Phi) is 3.29. The van der Waals surface area contributed by atoms with Gasteiger partial charge in [-0.3, -0.25) is 14.6 Å². The molecule has 4 nitrogen and oxygen atoms in total. The molecule has 86 valence electrons. The highest BCUT2D eigenvalue weighted by atomic mass is 79.9. The van der Waals surface area contributed by atoms with Crippen molar-refractivity contribution in [2.45, 2.75) is 25.7 Å². The van der Waals surface area contributed by atoms with E-state index in [4.69, 9.17) is 5.11 Å². The summed E-state index contributed by atoms with van der Waals surface area (Å²) in [4.78, 5) is 11.0. The first-order valence-electron chi connectivity index (χ1n) is 3.97. The molecule has 0 saturated heterocycles. The normalized spacial score (nSPS) is 14.3. The molecule has 1 heterocycles. The van der Waals surface area contributed by atoms with E-state index in [1.54, 1.807) is 0 Å². The van der Waals surface area contributed by atoms with E-state index < -0.39 is 28.0 Å². The van der Waals surface area contributed by atoms with Crippen molar-refractivity contribution in [1.82, 2.24) is 9.78 Å². The highest BCUT2D eigenvalue weighted by Crippen LogP contribution is 2.31. The Hall–Kier alpha value is -0.760. The number of halogens is 4. The molecule has 1 atom stereocenters. The molecular weight excluding hydrogens is 281 g/mol. The van der Waals surface area contributed by atoms with Gasteiger partial charge in [-0.1, -0.05) is 0 Å². The Morgan fingerprint density at radius 3 is 2.47 bits per heavy atom. The fourth-order valence-electron chi connectivity index (χ4n) is 1.09. The maximum atomic E-state index is 12.3. The monoisotopic (exact) mass is 288 g/mol. The minimum Gasteiger partial charge on any atom is -0.391 e. The van der Waals surface area contributed by atoms with Crippen LogP contribution in [-0.4, -0.2) is 21.0 Å². The number of aliphatic hydroxyl groups excluding tert-OH is 1. The number of nitrogens with one attached hydrogen (secondary N) is 1.